The molecule has 0 N–H and O–H groups in total. The number of hydrogen-bond donors (Lipinski definition) is 0. The van der Waals surface area contributed by atoms with Crippen LogP contribution in [-0.4, -0.2) is 37.2 Å². The standard InChI is InChI=1S/C58H88O6/c1-4-7-10-13-16-19-22-25-28-29-31-33-36-39-42-45-48-51-57(60)63-54-55(53-62-56(59)50-47-44-41-38-35-32-27-24-21-18-15-12-9-6-3)64-58(61)52-49-46-43-40-37-34-30-26-23-20-17-14-11-8-5-2/h7-12,14,16-21,23,25-26,28,30-31,33-34,37,39,42,55H,4-6,13,15,22,24,27,29,32,35-36,38,40-41,43-54H2,1-3H3/b10-7-,11-8-,12-9-,17-14-,19-16-,21-18-,23-20-,28-25-,30-26-,33-31-,37-34-,42-39-. The highest BCUT2D eigenvalue weighted by Gasteiger charge is 2.19. The zero-order chi connectivity index (χ0) is 46.5. The van der Waals surface area contributed by atoms with Crippen LogP contribution in [0.2, 0.25) is 0 Å². The van der Waals surface area contributed by atoms with Gasteiger partial charge in [0.05, 0.1) is 0 Å². The number of esters is 3. The van der Waals surface area contributed by atoms with Crippen LogP contribution in [0.4, 0.5) is 0 Å². The second-order valence-electron chi connectivity index (χ2n) is 15.7. The summed E-state index contributed by atoms with van der Waals surface area (Å²) in [5.74, 6) is -1.05. The van der Waals surface area contributed by atoms with Crippen LogP contribution in [0.1, 0.15) is 181 Å². The van der Waals surface area contributed by atoms with E-state index in [0.29, 0.717) is 19.3 Å². The molecule has 1 atom stereocenters. The van der Waals surface area contributed by atoms with Crippen molar-refractivity contribution >= 4 is 17.9 Å². The van der Waals surface area contributed by atoms with Crippen LogP contribution in [0.25, 0.3) is 0 Å². The summed E-state index contributed by atoms with van der Waals surface area (Å²) >= 11 is 0. The van der Waals surface area contributed by atoms with E-state index in [1.165, 1.54) is 25.7 Å². The van der Waals surface area contributed by atoms with Crippen molar-refractivity contribution in [2.45, 2.75) is 187 Å². The molecule has 0 aromatic heterocycles. The van der Waals surface area contributed by atoms with Crippen molar-refractivity contribution in [3.8, 4) is 0 Å². The van der Waals surface area contributed by atoms with Gasteiger partial charge < -0.3 is 14.2 Å². The molecule has 0 rings (SSSR count). The number of rotatable bonds is 42. The number of unbranched alkanes of at least 4 members (excludes halogenated alkanes) is 11. The summed E-state index contributed by atoms with van der Waals surface area (Å²) in [7, 11) is 0. The molecule has 0 aliphatic carbocycles. The molecule has 356 valence electrons. The topological polar surface area (TPSA) is 78.9 Å². The molecule has 6 heteroatoms. The molecule has 0 saturated heterocycles. The Morgan fingerprint density at radius 2 is 0.656 bits per heavy atom. The molecule has 0 radical (unpaired) electrons. The lowest BCUT2D eigenvalue weighted by molar-refractivity contribution is -0.167. The quantitative estimate of drug-likeness (QED) is 0.0200. The maximum absolute atomic E-state index is 12.8. The Balaban J connectivity index is 4.60. The smallest absolute Gasteiger partial charge is 0.306 e. The molecule has 0 amide bonds. The molecule has 0 aliphatic heterocycles. The van der Waals surface area contributed by atoms with Crippen LogP contribution in [0.5, 0.6) is 0 Å². The fraction of sp³-hybridized carbons (Fsp3) is 0.534. The first-order valence-electron chi connectivity index (χ1n) is 24.9. The number of carbonyl (C=O) groups excluding carboxylic acids is 3. The summed E-state index contributed by atoms with van der Waals surface area (Å²) in [6.45, 7) is 6.15. The first-order valence-corrected chi connectivity index (χ1v) is 24.9. The Kier molecular flexibility index (Phi) is 47.2. The van der Waals surface area contributed by atoms with E-state index in [4.69, 9.17) is 14.2 Å². The minimum Gasteiger partial charge on any atom is -0.462 e. The molecule has 6 nitrogen and oxygen atoms in total. The van der Waals surface area contributed by atoms with Crippen molar-refractivity contribution in [2.75, 3.05) is 13.2 Å². The number of allylic oxidation sites excluding steroid dienone is 24. The van der Waals surface area contributed by atoms with E-state index in [1.807, 2.05) is 48.6 Å². The van der Waals surface area contributed by atoms with Crippen molar-refractivity contribution in [2.24, 2.45) is 0 Å². The van der Waals surface area contributed by atoms with E-state index in [9.17, 15) is 14.4 Å². The number of ether oxygens (including phenoxy) is 3. The number of hydrogen-bond acceptors (Lipinski definition) is 6. The second-order valence-corrected chi connectivity index (χ2v) is 15.7. The normalized spacial score (nSPS) is 13.4. The fourth-order valence-electron chi connectivity index (χ4n) is 6.06. The fourth-order valence-corrected chi connectivity index (χ4v) is 6.06. The van der Waals surface area contributed by atoms with Crippen LogP contribution >= 0.6 is 0 Å². The monoisotopic (exact) mass is 881 g/mol. The first-order chi connectivity index (χ1) is 31.5. The summed E-state index contributed by atoms with van der Waals surface area (Å²) in [5.41, 5.74) is 0. The predicted octanol–water partition coefficient (Wildman–Crippen LogP) is 16.5. The van der Waals surface area contributed by atoms with Gasteiger partial charge in [0.25, 0.3) is 0 Å². The van der Waals surface area contributed by atoms with Gasteiger partial charge in [0, 0.05) is 19.3 Å². The van der Waals surface area contributed by atoms with Crippen molar-refractivity contribution in [1.82, 2.24) is 0 Å². The van der Waals surface area contributed by atoms with Gasteiger partial charge >= 0.3 is 17.9 Å². The van der Waals surface area contributed by atoms with Crippen LogP contribution in [0, 0.1) is 0 Å². The Hall–Kier alpha value is -4.71. The largest absolute Gasteiger partial charge is 0.462 e. The van der Waals surface area contributed by atoms with Crippen LogP contribution in [-0.2, 0) is 28.6 Å². The highest BCUT2D eigenvalue weighted by Crippen LogP contribution is 2.12. The maximum atomic E-state index is 12.8. The van der Waals surface area contributed by atoms with Gasteiger partial charge in [-0.25, -0.2) is 0 Å². The average molecular weight is 881 g/mol. The summed E-state index contributed by atoms with van der Waals surface area (Å²) in [6.07, 6.45) is 72.6. The maximum Gasteiger partial charge on any atom is 0.306 e. The molecule has 64 heavy (non-hydrogen) atoms. The zero-order valence-electron chi connectivity index (χ0n) is 40.5. The van der Waals surface area contributed by atoms with Gasteiger partial charge in [-0.05, 0) is 103 Å². The summed E-state index contributed by atoms with van der Waals surface area (Å²) in [4.78, 5) is 37.9. The van der Waals surface area contributed by atoms with Crippen LogP contribution in [0.15, 0.2) is 146 Å². The average Bonchev–Trinajstić information content (AvgIpc) is 3.29. The third kappa shape index (κ3) is 48.3. The van der Waals surface area contributed by atoms with Gasteiger partial charge in [-0.3, -0.25) is 14.4 Å². The predicted molar refractivity (Wildman–Crippen MR) is 274 cm³/mol. The molecule has 0 fully saturated rings. The lowest BCUT2D eigenvalue weighted by Gasteiger charge is -2.18. The van der Waals surface area contributed by atoms with E-state index >= 15 is 0 Å². The van der Waals surface area contributed by atoms with E-state index < -0.39 is 6.10 Å². The van der Waals surface area contributed by atoms with Gasteiger partial charge in [0.15, 0.2) is 6.10 Å². The van der Waals surface area contributed by atoms with Crippen LogP contribution < -0.4 is 0 Å². The van der Waals surface area contributed by atoms with E-state index in [-0.39, 0.29) is 44.0 Å². The molecule has 0 heterocycles. The van der Waals surface area contributed by atoms with E-state index in [2.05, 4.69) is 118 Å². The molecule has 0 aliphatic rings. The van der Waals surface area contributed by atoms with Crippen molar-refractivity contribution in [3.63, 3.8) is 0 Å². The van der Waals surface area contributed by atoms with Crippen molar-refractivity contribution in [1.29, 1.82) is 0 Å². The minimum atomic E-state index is -0.832. The minimum absolute atomic E-state index is 0.124. The molecule has 0 spiro atoms. The third-order valence-electron chi connectivity index (χ3n) is 9.70. The summed E-state index contributed by atoms with van der Waals surface area (Å²) < 4.78 is 16.7. The van der Waals surface area contributed by atoms with Gasteiger partial charge in [0.2, 0.25) is 0 Å². The first kappa shape index (κ1) is 59.3. The molecule has 1 unspecified atom stereocenters. The SMILES string of the molecule is CC\C=C/C=C\C=C/C=C\C=C/CCCCCC(=O)OC(COC(=O)CCC/C=C\C/C=C\C/C=C\C/C=C\C/C=C\CC)COC(=O)CCCCCCCCC/C=C\C/C=C\CC. The Bertz CT molecular complexity index is 1480. The molecule has 0 aromatic carbocycles. The summed E-state index contributed by atoms with van der Waals surface area (Å²) in [5, 5.41) is 0. The Labute approximate surface area is 391 Å². The highest BCUT2D eigenvalue weighted by molar-refractivity contribution is 5.71. The highest BCUT2D eigenvalue weighted by atomic mass is 16.6. The molecule has 0 aromatic rings. The van der Waals surface area contributed by atoms with Crippen LogP contribution in [0.3, 0.4) is 0 Å². The molecular weight excluding hydrogens is 793 g/mol. The molecule has 0 bridgehead atoms. The van der Waals surface area contributed by atoms with Gasteiger partial charge in [0.1, 0.15) is 13.2 Å². The molecule has 0 saturated carbocycles. The third-order valence-corrected chi connectivity index (χ3v) is 9.70. The lowest BCUT2D eigenvalue weighted by Crippen LogP contribution is -2.30. The van der Waals surface area contributed by atoms with E-state index in [0.717, 1.165) is 103 Å². The van der Waals surface area contributed by atoms with Gasteiger partial charge in [-0.2, -0.15) is 0 Å². The van der Waals surface area contributed by atoms with Gasteiger partial charge in [-0.15, -0.1) is 0 Å². The number of carbonyl (C=O) groups is 3. The Morgan fingerprint density at radius 1 is 0.328 bits per heavy atom. The Morgan fingerprint density at radius 3 is 1.14 bits per heavy atom. The zero-order valence-corrected chi connectivity index (χ0v) is 40.5. The second kappa shape index (κ2) is 50.9. The van der Waals surface area contributed by atoms with Gasteiger partial charge in [-0.1, -0.05) is 205 Å². The van der Waals surface area contributed by atoms with Crippen molar-refractivity contribution in [3.05, 3.63) is 146 Å². The van der Waals surface area contributed by atoms with E-state index in [1.54, 1.807) is 0 Å². The lowest BCUT2D eigenvalue weighted by atomic mass is 10.1. The van der Waals surface area contributed by atoms with Crippen molar-refractivity contribution < 1.29 is 28.6 Å². The summed E-state index contributed by atoms with van der Waals surface area (Å²) in [6, 6.07) is 0. The molecular formula is C58H88O6.